The zero-order valence-corrected chi connectivity index (χ0v) is 34.3. The van der Waals surface area contributed by atoms with Crippen LogP contribution in [-0.4, -0.2) is 94.6 Å². The van der Waals surface area contributed by atoms with Crippen molar-refractivity contribution in [2.45, 2.75) is 27.7 Å². The van der Waals surface area contributed by atoms with Crippen LogP contribution in [0.4, 0.5) is 17.1 Å². The van der Waals surface area contributed by atoms with Crippen LogP contribution < -0.4 is 14.9 Å². The Bertz CT molecular complexity index is 2320. The molecule has 2 N–H and O–H groups in total. The van der Waals surface area contributed by atoms with E-state index < -0.39 is 26.5 Å². The number of rotatable bonds is 15. The number of halogens is 1. The number of nitrogens with zero attached hydrogens (tertiary/aromatic N) is 4. The molecule has 7 rings (SSSR count). The molecule has 58 heavy (non-hydrogen) atoms. The highest BCUT2D eigenvalue weighted by molar-refractivity contribution is 7.99. The molecule has 2 saturated heterocycles. The fourth-order valence-electron chi connectivity index (χ4n) is 7.16. The molecule has 0 bridgehead atoms. The maximum atomic E-state index is 13.8. The number of carbonyl (C=O) groups is 1. The lowest BCUT2D eigenvalue weighted by atomic mass is 9.99. The normalized spacial score (nSPS) is 15.2. The Morgan fingerprint density at radius 2 is 1.55 bits per heavy atom. The van der Waals surface area contributed by atoms with E-state index in [4.69, 9.17) is 16.3 Å². The second-order valence-corrected chi connectivity index (χ2v) is 17.4. The Labute approximate surface area is 348 Å². The third-order valence-electron chi connectivity index (χ3n) is 10.2. The third kappa shape index (κ3) is 10.6. The van der Waals surface area contributed by atoms with Gasteiger partial charge in [-0.1, -0.05) is 78.0 Å². The first-order valence-corrected chi connectivity index (χ1v) is 21.9. The Morgan fingerprint density at radius 1 is 0.828 bits per heavy atom. The van der Waals surface area contributed by atoms with Crippen molar-refractivity contribution < 1.29 is 22.9 Å². The molecule has 2 aliphatic heterocycles. The van der Waals surface area contributed by atoms with Gasteiger partial charge in [0.25, 0.3) is 21.6 Å². The highest BCUT2D eigenvalue weighted by Gasteiger charge is 2.26. The van der Waals surface area contributed by atoms with E-state index in [0.29, 0.717) is 29.7 Å². The van der Waals surface area contributed by atoms with E-state index >= 15 is 0 Å². The summed E-state index contributed by atoms with van der Waals surface area (Å²) >= 11 is 7.80. The molecule has 15 heteroatoms. The van der Waals surface area contributed by atoms with E-state index in [1.165, 1.54) is 23.9 Å². The molecule has 12 nitrogen and oxygen atoms in total. The summed E-state index contributed by atoms with van der Waals surface area (Å²) in [4.78, 5) is 33.2. The standard InChI is InChI=1S/C43H45ClN6O6S2/c44-34-12-15-38(32-8-3-1-4-9-32)33(28-34)31-48-20-22-49(23-21-48)35-13-16-39(42(29-35)57-36-10-5-2-6-11-36)43(51)46-58(54,55)37-14-17-40(41(30-37)50(52)53)45-18-7-19-47-24-26-56-27-25-47/h1-6,8-17,28-30,45H,7,18-27,31H2,(H,46,51). The summed E-state index contributed by atoms with van der Waals surface area (Å²) in [6, 6.07) is 34.9. The molecule has 0 saturated carbocycles. The van der Waals surface area contributed by atoms with Crippen molar-refractivity contribution in [3.8, 4) is 11.1 Å². The smallest absolute Gasteiger partial charge is 0.293 e. The second kappa shape index (κ2) is 19.2. The van der Waals surface area contributed by atoms with Gasteiger partial charge in [0, 0.05) is 78.9 Å². The van der Waals surface area contributed by atoms with Crippen LogP contribution in [0.5, 0.6) is 0 Å². The molecule has 1 amide bonds. The largest absolute Gasteiger partial charge is 0.379 e. The second-order valence-electron chi connectivity index (χ2n) is 14.1. The van der Waals surface area contributed by atoms with Crippen LogP contribution in [0.3, 0.4) is 0 Å². The number of nitrogens with one attached hydrogen (secondary N) is 2. The first-order chi connectivity index (χ1) is 28.1. The summed E-state index contributed by atoms with van der Waals surface area (Å²) in [6.45, 7) is 8.18. The summed E-state index contributed by atoms with van der Waals surface area (Å²) in [6.07, 6.45) is 0.742. The summed E-state index contributed by atoms with van der Waals surface area (Å²) in [7, 11) is -4.48. The molecule has 0 unspecified atom stereocenters. The lowest BCUT2D eigenvalue weighted by molar-refractivity contribution is -0.384. The number of sulfonamides is 1. The Hall–Kier alpha value is -4.96. The number of hydrogen-bond donors (Lipinski definition) is 2. The monoisotopic (exact) mass is 840 g/mol. The van der Waals surface area contributed by atoms with E-state index in [2.05, 4.69) is 42.9 Å². The Morgan fingerprint density at radius 3 is 2.28 bits per heavy atom. The fraction of sp³-hybridized carbons (Fsp3) is 0.279. The molecule has 0 atom stereocenters. The van der Waals surface area contributed by atoms with Gasteiger partial charge in [0.05, 0.1) is 28.6 Å². The first kappa shape index (κ1) is 41.2. The first-order valence-electron chi connectivity index (χ1n) is 19.2. The van der Waals surface area contributed by atoms with Crippen molar-refractivity contribution in [1.29, 1.82) is 0 Å². The number of nitro groups is 1. The summed E-state index contributed by atoms with van der Waals surface area (Å²) in [5.74, 6) is -0.835. The average Bonchev–Trinajstić information content (AvgIpc) is 3.23. The number of amides is 1. The van der Waals surface area contributed by atoms with Crippen molar-refractivity contribution in [2.75, 3.05) is 75.8 Å². The SMILES string of the molecule is O=C(NS(=O)(=O)c1ccc(NCCCN2CCOCC2)c([N+](=O)[O-])c1)c1ccc(N2CCN(Cc3cc(Cl)ccc3-c3ccccc3)CC2)cc1Sc1ccccc1. The Balaban J connectivity index is 1.04. The minimum Gasteiger partial charge on any atom is -0.379 e. The van der Waals surface area contributed by atoms with Crippen molar-refractivity contribution in [2.24, 2.45) is 0 Å². The number of benzene rings is 5. The van der Waals surface area contributed by atoms with Gasteiger partial charge in [0.1, 0.15) is 5.69 Å². The number of nitro benzene ring substituents is 1. The molecule has 0 aliphatic carbocycles. The predicted octanol–water partition coefficient (Wildman–Crippen LogP) is 7.64. The molecule has 2 heterocycles. The lowest BCUT2D eigenvalue weighted by Gasteiger charge is -2.36. The number of morpholine rings is 1. The van der Waals surface area contributed by atoms with Gasteiger partial charge in [-0.15, -0.1) is 0 Å². The molecule has 2 fully saturated rings. The molecule has 5 aromatic rings. The summed E-state index contributed by atoms with van der Waals surface area (Å²) < 4.78 is 34.7. The lowest BCUT2D eigenvalue weighted by Crippen LogP contribution is -2.46. The van der Waals surface area contributed by atoms with Gasteiger partial charge in [-0.05, 0) is 84.3 Å². The van der Waals surface area contributed by atoms with Gasteiger partial charge in [-0.3, -0.25) is 24.7 Å². The molecular weight excluding hydrogens is 796 g/mol. The van der Waals surface area contributed by atoms with E-state index in [1.54, 1.807) is 6.07 Å². The van der Waals surface area contributed by atoms with Crippen LogP contribution in [0, 0.1) is 10.1 Å². The van der Waals surface area contributed by atoms with E-state index in [-0.39, 0.29) is 16.1 Å². The number of piperazine rings is 1. The molecule has 0 aromatic heterocycles. The zero-order chi connectivity index (χ0) is 40.5. The molecule has 302 valence electrons. The van der Waals surface area contributed by atoms with Gasteiger partial charge >= 0.3 is 0 Å². The van der Waals surface area contributed by atoms with Crippen LogP contribution in [0.15, 0.2) is 130 Å². The minimum atomic E-state index is -4.48. The van der Waals surface area contributed by atoms with E-state index in [1.807, 2.05) is 72.8 Å². The molecular formula is C43H45ClN6O6S2. The zero-order valence-electron chi connectivity index (χ0n) is 31.9. The van der Waals surface area contributed by atoms with Crippen LogP contribution >= 0.6 is 23.4 Å². The summed E-state index contributed by atoms with van der Waals surface area (Å²) in [5, 5.41) is 15.8. The van der Waals surface area contributed by atoms with E-state index in [9.17, 15) is 23.3 Å². The third-order valence-corrected chi connectivity index (χ3v) is 12.9. The van der Waals surface area contributed by atoms with Crippen molar-refractivity contribution in [1.82, 2.24) is 14.5 Å². The number of carbonyl (C=O) groups excluding carboxylic acids is 1. The van der Waals surface area contributed by atoms with Gasteiger partial charge in [-0.25, -0.2) is 13.1 Å². The van der Waals surface area contributed by atoms with Gasteiger partial charge in [0.2, 0.25) is 0 Å². The van der Waals surface area contributed by atoms with Crippen molar-refractivity contribution >= 4 is 56.4 Å². The maximum Gasteiger partial charge on any atom is 0.293 e. The average molecular weight is 841 g/mol. The van der Waals surface area contributed by atoms with Gasteiger partial charge in [0.15, 0.2) is 0 Å². The van der Waals surface area contributed by atoms with Crippen molar-refractivity contribution in [3.63, 3.8) is 0 Å². The predicted molar refractivity (Wildman–Crippen MR) is 229 cm³/mol. The molecule has 0 spiro atoms. The van der Waals surface area contributed by atoms with Crippen LogP contribution in [-0.2, 0) is 21.3 Å². The molecule has 2 aliphatic rings. The van der Waals surface area contributed by atoms with Gasteiger partial charge in [-0.2, -0.15) is 0 Å². The highest BCUT2D eigenvalue weighted by Crippen LogP contribution is 2.35. The number of anilines is 2. The van der Waals surface area contributed by atoms with E-state index in [0.717, 1.165) is 92.1 Å². The maximum absolute atomic E-state index is 13.8. The number of hydrogen-bond acceptors (Lipinski definition) is 11. The Kier molecular flexibility index (Phi) is 13.6. The summed E-state index contributed by atoms with van der Waals surface area (Å²) in [5.41, 5.74) is 4.36. The van der Waals surface area contributed by atoms with Crippen molar-refractivity contribution in [3.05, 3.63) is 142 Å². The molecule has 0 radical (unpaired) electrons. The quantitative estimate of drug-likeness (QED) is 0.0612. The van der Waals surface area contributed by atoms with Crippen LogP contribution in [0.1, 0.15) is 22.3 Å². The number of ether oxygens (including phenoxy) is 1. The van der Waals surface area contributed by atoms with Crippen LogP contribution in [0.2, 0.25) is 5.02 Å². The minimum absolute atomic E-state index is 0.169. The van der Waals surface area contributed by atoms with Crippen LogP contribution in [0.25, 0.3) is 11.1 Å². The fourth-order valence-corrected chi connectivity index (χ4v) is 9.34. The highest BCUT2D eigenvalue weighted by atomic mass is 35.5. The topological polar surface area (TPSA) is 137 Å². The molecule has 5 aromatic carbocycles. The van der Waals surface area contributed by atoms with Gasteiger partial charge < -0.3 is 15.0 Å².